The number of hydrogen-bond acceptors (Lipinski definition) is 6. The number of sulfonamides is 1. The average Bonchev–Trinajstić information content (AvgIpc) is 3.52. The number of aromatic nitrogens is 1. The zero-order valence-corrected chi connectivity index (χ0v) is 19.8. The number of hydrogen-bond donors (Lipinski definition) is 0. The first-order valence-corrected chi connectivity index (χ1v) is 12.9. The number of thiazole rings is 1. The Morgan fingerprint density at radius 3 is 2.70 bits per heavy atom. The largest absolute Gasteiger partial charge is 0.454 e. The standard InChI is InChI=1S/C22H20ClN3O5S2/c1-2-9-25-17-11-18-19(31-13-30-18)12-20(17)32-22(25)24-21(27)16-4-3-10-26(16)33(28,29)15-7-5-14(23)6-8-15/h2,5-8,11-12,16H,1,3-4,9-10,13H2. The van der Waals surface area contributed by atoms with Gasteiger partial charge in [0.25, 0.3) is 5.91 Å². The lowest BCUT2D eigenvalue weighted by Crippen LogP contribution is -2.40. The molecule has 2 aromatic carbocycles. The van der Waals surface area contributed by atoms with E-state index in [0.717, 1.165) is 10.2 Å². The van der Waals surface area contributed by atoms with E-state index < -0.39 is 22.0 Å². The first-order valence-electron chi connectivity index (χ1n) is 10.3. The highest BCUT2D eigenvalue weighted by Crippen LogP contribution is 2.37. The molecule has 0 saturated carbocycles. The molecule has 2 aliphatic rings. The molecule has 0 spiro atoms. The van der Waals surface area contributed by atoms with Crippen LogP contribution in [0.4, 0.5) is 0 Å². The van der Waals surface area contributed by atoms with Crippen LogP contribution in [-0.4, -0.2) is 42.6 Å². The van der Waals surface area contributed by atoms with Crippen LogP contribution < -0.4 is 14.3 Å². The predicted molar refractivity (Wildman–Crippen MR) is 125 cm³/mol. The van der Waals surface area contributed by atoms with Crippen LogP contribution in [0, 0.1) is 0 Å². The van der Waals surface area contributed by atoms with E-state index in [9.17, 15) is 13.2 Å². The Kier molecular flexibility index (Phi) is 5.77. The van der Waals surface area contributed by atoms with E-state index in [2.05, 4.69) is 11.6 Å². The average molecular weight is 506 g/mol. The van der Waals surface area contributed by atoms with Crippen LogP contribution in [0.3, 0.4) is 0 Å². The van der Waals surface area contributed by atoms with Crippen LogP contribution in [-0.2, 0) is 21.4 Å². The molecule has 8 nitrogen and oxygen atoms in total. The highest BCUT2D eigenvalue weighted by Gasteiger charge is 2.39. The van der Waals surface area contributed by atoms with Gasteiger partial charge in [0.2, 0.25) is 16.8 Å². The number of ether oxygens (including phenoxy) is 2. The van der Waals surface area contributed by atoms with Crippen LogP contribution in [0.15, 0.2) is 58.9 Å². The summed E-state index contributed by atoms with van der Waals surface area (Å²) in [7, 11) is -3.85. The van der Waals surface area contributed by atoms with Gasteiger partial charge in [0, 0.05) is 30.2 Å². The van der Waals surface area contributed by atoms with Gasteiger partial charge in [0.05, 0.1) is 15.1 Å². The molecule has 5 rings (SSSR count). The fraction of sp³-hybridized carbons (Fsp3) is 0.273. The Balaban J connectivity index is 1.52. The molecule has 0 N–H and O–H groups in total. The van der Waals surface area contributed by atoms with Crippen molar-refractivity contribution in [2.45, 2.75) is 30.3 Å². The molecular weight excluding hydrogens is 486 g/mol. The molecule has 1 fully saturated rings. The van der Waals surface area contributed by atoms with Gasteiger partial charge in [-0.2, -0.15) is 9.30 Å². The molecule has 0 aliphatic carbocycles. The number of benzene rings is 2. The molecule has 0 bridgehead atoms. The minimum absolute atomic E-state index is 0.102. The lowest BCUT2D eigenvalue weighted by Gasteiger charge is -2.21. The summed E-state index contributed by atoms with van der Waals surface area (Å²) in [5, 5.41) is 0.441. The molecule has 1 amide bonds. The van der Waals surface area contributed by atoms with E-state index in [0.29, 0.717) is 40.7 Å². The summed E-state index contributed by atoms with van der Waals surface area (Å²) >= 11 is 7.23. The maximum absolute atomic E-state index is 13.2. The minimum atomic E-state index is -3.85. The third-order valence-electron chi connectivity index (χ3n) is 5.60. The summed E-state index contributed by atoms with van der Waals surface area (Å²) in [6.45, 7) is 4.67. The van der Waals surface area contributed by atoms with Crippen molar-refractivity contribution < 1.29 is 22.7 Å². The van der Waals surface area contributed by atoms with Crippen LogP contribution in [0.1, 0.15) is 12.8 Å². The van der Waals surface area contributed by atoms with Gasteiger partial charge < -0.3 is 14.0 Å². The van der Waals surface area contributed by atoms with Crippen molar-refractivity contribution in [1.82, 2.24) is 8.87 Å². The summed E-state index contributed by atoms with van der Waals surface area (Å²) in [6, 6.07) is 8.79. The van der Waals surface area contributed by atoms with Crippen molar-refractivity contribution in [2.24, 2.45) is 4.99 Å². The van der Waals surface area contributed by atoms with E-state index in [1.54, 1.807) is 6.08 Å². The van der Waals surface area contributed by atoms with Gasteiger partial charge in [0.1, 0.15) is 6.04 Å². The minimum Gasteiger partial charge on any atom is -0.454 e. The SMILES string of the molecule is C=CCn1c(=NC(=O)C2CCCN2S(=O)(=O)c2ccc(Cl)cc2)sc2cc3c(cc21)OCO3. The van der Waals surface area contributed by atoms with Gasteiger partial charge in [-0.15, -0.1) is 6.58 Å². The van der Waals surface area contributed by atoms with Crippen molar-refractivity contribution in [3.8, 4) is 11.5 Å². The second-order valence-electron chi connectivity index (χ2n) is 7.63. The Hall–Kier alpha value is -2.66. The number of rotatable bonds is 5. The lowest BCUT2D eigenvalue weighted by molar-refractivity contribution is -0.121. The van der Waals surface area contributed by atoms with Crippen molar-refractivity contribution >= 4 is 49.1 Å². The molecule has 0 radical (unpaired) electrons. The van der Waals surface area contributed by atoms with Gasteiger partial charge in [-0.1, -0.05) is 29.0 Å². The molecule has 1 saturated heterocycles. The van der Waals surface area contributed by atoms with Gasteiger partial charge >= 0.3 is 0 Å². The highest BCUT2D eigenvalue weighted by molar-refractivity contribution is 7.89. The Morgan fingerprint density at radius 2 is 1.97 bits per heavy atom. The highest BCUT2D eigenvalue weighted by atomic mass is 35.5. The van der Waals surface area contributed by atoms with Gasteiger partial charge in [-0.25, -0.2) is 8.42 Å². The van der Waals surface area contributed by atoms with E-state index in [1.807, 2.05) is 16.7 Å². The second-order valence-corrected chi connectivity index (χ2v) is 11.0. The number of carbonyl (C=O) groups excluding carboxylic acids is 1. The lowest BCUT2D eigenvalue weighted by atomic mass is 10.2. The molecule has 33 heavy (non-hydrogen) atoms. The number of fused-ring (bicyclic) bond motifs is 2. The van der Waals surface area contributed by atoms with E-state index >= 15 is 0 Å². The third-order valence-corrected chi connectivity index (χ3v) is 8.82. The number of amides is 1. The number of halogens is 1. The molecule has 3 aromatic rings. The number of allylic oxidation sites excluding steroid dienone is 1. The predicted octanol–water partition coefficient (Wildman–Crippen LogP) is 3.55. The smallest absolute Gasteiger partial charge is 0.266 e. The Labute approximate surface area is 199 Å². The summed E-state index contributed by atoms with van der Waals surface area (Å²) in [4.78, 5) is 18.1. The fourth-order valence-electron chi connectivity index (χ4n) is 4.04. The molecule has 172 valence electrons. The molecule has 1 atom stereocenters. The van der Waals surface area contributed by atoms with E-state index in [4.69, 9.17) is 21.1 Å². The van der Waals surface area contributed by atoms with Crippen LogP contribution in [0.5, 0.6) is 11.5 Å². The summed E-state index contributed by atoms with van der Waals surface area (Å²) in [6.07, 6.45) is 2.71. The van der Waals surface area contributed by atoms with Gasteiger partial charge in [-0.05, 0) is 37.1 Å². The zero-order valence-electron chi connectivity index (χ0n) is 17.4. The Morgan fingerprint density at radius 1 is 1.24 bits per heavy atom. The summed E-state index contributed by atoms with van der Waals surface area (Å²) in [5.74, 6) is 0.782. The van der Waals surface area contributed by atoms with Crippen molar-refractivity contribution in [3.63, 3.8) is 0 Å². The van der Waals surface area contributed by atoms with Crippen molar-refractivity contribution in [1.29, 1.82) is 0 Å². The maximum atomic E-state index is 13.2. The topological polar surface area (TPSA) is 90.2 Å². The van der Waals surface area contributed by atoms with Crippen LogP contribution in [0.25, 0.3) is 10.2 Å². The van der Waals surface area contributed by atoms with Crippen molar-refractivity contribution in [2.75, 3.05) is 13.3 Å². The maximum Gasteiger partial charge on any atom is 0.266 e. The van der Waals surface area contributed by atoms with Crippen molar-refractivity contribution in [3.05, 3.63) is 58.9 Å². The van der Waals surface area contributed by atoms with Gasteiger partial charge in [0.15, 0.2) is 16.3 Å². The molecule has 2 aliphatic heterocycles. The molecule has 11 heteroatoms. The van der Waals surface area contributed by atoms with Gasteiger partial charge in [-0.3, -0.25) is 4.79 Å². The number of carbonyl (C=O) groups is 1. The first kappa shape index (κ1) is 22.1. The van der Waals surface area contributed by atoms with E-state index in [-0.39, 0.29) is 18.2 Å². The van der Waals surface area contributed by atoms with Crippen LogP contribution in [0.2, 0.25) is 5.02 Å². The first-order chi connectivity index (χ1) is 15.9. The third kappa shape index (κ3) is 3.97. The molecule has 1 unspecified atom stereocenters. The molecule has 3 heterocycles. The molecular formula is C22H20ClN3O5S2. The Bertz CT molecular complexity index is 1430. The molecule has 1 aromatic heterocycles. The quantitative estimate of drug-likeness (QED) is 0.495. The fourth-order valence-corrected chi connectivity index (χ4v) is 6.87. The van der Waals surface area contributed by atoms with Crippen LogP contribution >= 0.6 is 22.9 Å². The normalized spacial score (nSPS) is 18.8. The second kappa shape index (κ2) is 8.60. The monoisotopic (exact) mass is 505 g/mol. The summed E-state index contributed by atoms with van der Waals surface area (Å²) < 4.78 is 41.3. The van der Waals surface area contributed by atoms with E-state index in [1.165, 1.54) is 39.9 Å². The zero-order chi connectivity index (χ0) is 23.2. The number of nitrogens with zero attached hydrogens (tertiary/aromatic N) is 3. The summed E-state index contributed by atoms with van der Waals surface area (Å²) in [5.41, 5.74) is 0.841.